The predicted molar refractivity (Wildman–Crippen MR) is 90.0 cm³/mol. The quantitative estimate of drug-likeness (QED) is 0.623. The molecule has 1 aliphatic heterocycles. The highest BCUT2D eigenvalue weighted by Gasteiger charge is 2.21. The Balaban J connectivity index is 1.88. The Morgan fingerprint density at radius 3 is 2.83 bits per heavy atom. The summed E-state index contributed by atoms with van der Waals surface area (Å²) < 4.78 is 5.23. The molecule has 0 aromatic carbocycles. The minimum absolute atomic E-state index is 0.0458. The summed E-state index contributed by atoms with van der Waals surface area (Å²) in [5, 5.41) is 13.2. The lowest BCUT2D eigenvalue weighted by atomic mass is 10.2. The molecule has 3 amide bonds. The standard InChI is InChI=1S/C14H17N3O5S2/c1-9(18)17(21)12(19)5-11-8-24-13(15-11)16(2)14(20)22-6-10-3-4-23-7-10/h3-4,8,10,21H,5-7H2,1-2H3. The minimum atomic E-state index is -0.782. The Hall–Kier alpha value is -1.91. The summed E-state index contributed by atoms with van der Waals surface area (Å²) in [4.78, 5) is 40.0. The zero-order valence-electron chi connectivity index (χ0n) is 13.2. The fourth-order valence-corrected chi connectivity index (χ4v) is 3.47. The molecule has 24 heavy (non-hydrogen) atoms. The van der Waals surface area contributed by atoms with E-state index >= 15 is 0 Å². The predicted octanol–water partition coefficient (Wildman–Crippen LogP) is 1.90. The van der Waals surface area contributed by atoms with E-state index in [4.69, 9.17) is 4.74 Å². The van der Waals surface area contributed by atoms with Crippen LogP contribution in [0, 0.1) is 5.92 Å². The van der Waals surface area contributed by atoms with Crippen LogP contribution in [-0.2, 0) is 20.7 Å². The SMILES string of the molecule is CC(=O)N(O)C(=O)Cc1csc(N(C)C(=O)OCC2C=CSC2)n1. The van der Waals surface area contributed by atoms with E-state index in [1.807, 2.05) is 11.5 Å². The Bertz CT molecular complexity index is 661. The molecule has 0 spiro atoms. The summed E-state index contributed by atoms with van der Waals surface area (Å²) in [7, 11) is 1.53. The number of amides is 3. The summed E-state index contributed by atoms with van der Waals surface area (Å²) in [5.41, 5.74) is 0.357. The molecule has 0 saturated carbocycles. The second kappa shape index (κ2) is 8.27. The number of aromatic nitrogens is 1. The van der Waals surface area contributed by atoms with Crippen LogP contribution in [0.3, 0.4) is 0 Å². The first kappa shape index (κ1) is 18.4. The smallest absolute Gasteiger partial charge is 0.415 e. The monoisotopic (exact) mass is 371 g/mol. The van der Waals surface area contributed by atoms with Gasteiger partial charge in [0.1, 0.15) is 6.61 Å². The van der Waals surface area contributed by atoms with Crippen LogP contribution in [-0.4, -0.2) is 52.6 Å². The molecule has 1 unspecified atom stereocenters. The zero-order valence-corrected chi connectivity index (χ0v) is 14.8. The third-order valence-electron chi connectivity index (χ3n) is 3.15. The van der Waals surface area contributed by atoms with E-state index in [-0.39, 0.29) is 17.4 Å². The van der Waals surface area contributed by atoms with Crippen molar-refractivity contribution in [2.75, 3.05) is 24.3 Å². The number of imide groups is 1. The highest BCUT2D eigenvalue weighted by atomic mass is 32.2. The van der Waals surface area contributed by atoms with Crippen molar-refractivity contribution in [2.45, 2.75) is 13.3 Å². The van der Waals surface area contributed by atoms with Gasteiger partial charge >= 0.3 is 6.09 Å². The van der Waals surface area contributed by atoms with Crippen LogP contribution in [0.4, 0.5) is 9.93 Å². The van der Waals surface area contributed by atoms with Gasteiger partial charge in [-0.3, -0.25) is 19.7 Å². The molecule has 130 valence electrons. The number of carbonyl (C=O) groups is 3. The second-order valence-corrected chi connectivity index (χ2v) is 6.86. The first-order chi connectivity index (χ1) is 11.4. The maximum Gasteiger partial charge on any atom is 0.415 e. The van der Waals surface area contributed by atoms with Crippen LogP contribution in [0.1, 0.15) is 12.6 Å². The van der Waals surface area contributed by atoms with E-state index in [1.165, 1.54) is 11.9 Å². The average molecular weight is 371 g/mol. The molecule has 0 radical (unpaired) electrons. The highest BCUT2D eigenvalue weighted by Crippen LogP contribution is 2.23. The molecular formula is C14H17N3O5S2. The number of hydroxylamine groups is 2. The van der Waals surface area contributed by atoms with Gasteiger partial charge in [0.2, 0.25) is 5.91 Å². The number of hydrogen-bond donors (Lipinski definition) is 1. The fourth-order valence-electron chi connectivity index (χ4n) is 1.80. The maximum atomic E-state index is 12.0. The largest absolute Gasteiger partial charge is 0.448 e. The van der Waals surface area contributed by atoms with Gasteiger partial charge in [-0.15, -0.1) is 23.1 Å². The van der Waals surface area contributed by atoms with Gasteiger partial charge in [0.05, 0.1) is 12.1 Å². The highest BCUT2D eigenvalue weighted by molar-refractivity contribution is 8.02. The molecule has 1 atom stereocenters. The number of anilines is 1. The topological polar surface area (TPSA) is 100 Å². The first-order valence-corrected chi connectivity index (χ1v) is 8.97. The van der Waals surface area contributed by atoms with Crippen molar-refractivity contribution in [3.63, 3.8) is 0 Å². The van der Waals surface area contributed by atoms with Gasteiger partial charge in [0.25, 0.3) is 5.91 Å². The van der Waals surface area contributed by atoms with Crippen molar-refractivity contribution < 1.29 is 24.3 Å². The van der Waals surface area contributed by atoms with E-state index in [1.54, 1.807) is 17.1 Å². The van der Waals surface area contributed by atoms with E-state index in [0.29, 0.717) is 17.4 Å². The minimum Gasteiger partial charge on any atom is -0.448 e. The Morgan fingerprint density at radius 1 is 1.46 bits per heavy atom. The number of nitrogens with zero attached hydrogens (tertiary/aromatic N) is 3. The summed E-state index contributed by atoms with van der Waals surface area (Å²) in [6.07, 6.45) is 1.24. The van der Waals surface area contributed by atoms with Crippen molar-refractivity contribution in [3.8, 4) is 0 Å². The zero-order chi connectivity index (χ0) is 17.7. The van der Waals surface area contributed by atoms with Crippen molar-refractivity contribution >= 4 is 46.1 Å². The number of ether oxygens (including phenoxy) is 1. The average Bonchev–Trinajstić information content (AvgIpc) is 3.22. The lowest BCUT2D eigenvalue weighted by Gasteiger charge is -2.15. The van der Waals surface area contributed by atoms with Crippen molar-refractivity contribution in [1.29, 1.82) is 0 Å². The molecule has 1 aliphatic rings. The maximum absolute atomic E-state index is 12.0. The van der Waals surface area contributed by atoms with Gasteiger partial charge in [0.15, 0.2) is 5.13 Å². The molecule has 1 N–H and O–H groups in total. The van der Waals surface area contributed by atoms with Gasteiger partial charge in [-0.2, -0.15) is 5.06 Å². The van der Waals surface area contributed by atoms with E-state index in [2.05, 4.69) is 4.98 Å². The molecule has 1 aromatic heterocycles. The van der Waals surface area contributed by atoms with Crippen molar-refractivity contribution in [2.24, 2.45) is 5.92 Å². The number of thiazole rings is 1. The molecule has 0 saturated heterocycles. The Morgan fingerprint density at radius 2 is 2.21 bits per heavy atom. The summed E-state index contributed by atoms with van der Waals surface area (Å²) in [6.45, 7) is 1.38. The van der Waals surface area contributed by atoms with Crippen LogP contribution in [0.15, 0.2) is 16.9 Å². The number of carbonyl (C=O) groups excluding carboxylic acids is 3. The lowest BCUT2D eigenvalue weighted by Crippen LogP contribution is -2.33. The number of rotatable bonds is 5. The molecule has 8 nitrogen and oxygen atoms in total. The molecular weight excluding hydrogens is 354 g/mol. The van der Waals surface area contributed by atoms with Crippen LogP contribution >= 0.6 is 23.1 Å². The van der Waals surface area contributed by atoms with Crippen LogP contribution in [0.25, 0.3) is 0 Å². The van der Waals surface area contributed by atoms with E-state index in [9.17, 15) is 19.6 Å². The third-order valence-corrected chi connectivity index (χ3v) is 5.08. The Kier molecular flexibility index (Phi) is 6.35. The van der Waals surface area contributed by atoms with E-state index < -0.39 is 17.9 Å². The summed E-state index contributed by atoms with van der Waals surface area (Å²) >= 11 is 2.84. The molecule has 2 rings (SSSR count). The van der Waals surface area contributed by atoms with Crippen LogP contribution in [0.5, 0.6) is 0 Å². The van der Waals surface area contributed by atoms with Crippen LogP contribution < -0.4 is 4.90 Å². The Labute approximate surface area is 147 Å². The number of hydrogen-bond acceptors (Lipinski definition) is 8. The first-order valence-electron chi connectivity index (χ1n) is 7.04. The molecule has 0 aliphatic carbocycles. The fraction of sp³-hybridized carbons (Fsp3) is 0.429. The normalized spacial score (nSPS) is 16.0. The van der Waals surface area contributed by atoms with Crippen molar-refractivity contribution in [1.82, 2.24) is 10.0 Å². The van der Waals surface area contributed by atoms with Crippen LogP contribution in [0.2, 0.25) is 0 Å². The third kappa shape index (κ3) is 4.79. The molecule has 2 heterocycles. The van der Waals surface area contributed by atoms with E-state index in [0.717, 1.165) is 24.0 Å². The molecule has 1 aromatic rings. The molecule has 10 heteroatoms. The second-order valence-electron chi connectivity index (χ2n) is 5.08. The molecule has 0 fully saturated rings. The lowest BCUT2D eigenvalue weighted by molar-refractivity contribution is -0.176. The summed E-state index contributed by atoms with van der Waals surface area (Å²) in [6, 6.07) is 0. The summed E-state index contributed by atoms with van der Waals surface area (Å²) in [5.74, 6) is -0.432. The van der Waals surface area contributed by atoms with Crippen molar-refractivity contribution in [3.05, 3.63) is 22.6 Å². The van der Waals surface area contributed by atoms with Gasteiger partial charge in [-0.05, 0) is 5.41 Å². The van der Waals surface area contributed by atoms with Gasteiger partial charge in [0, 0.05) is 31.0 Å². The van der Waals surface area contributed by atoms with Gasteiger partial charge < -0.3 is 4.74 Å². The van der Waals surface area contributed by atoms with Gasteiger partial charge in [-0.1, -0.05) is 6.08 Å². The molecule has 0 bridgehead atoms. The van der Waals surface area contributed by atoms with Gasteiger partial charge in [-0.25, -0.2) is 9.78 Å². The number of thioether (sulfide) groups is 1.